The third kappa shape index (κ3) is 2.77. The van der Waals surface area contributed by atoms with E-state index in [1.807, 2.05) is 18.2 Å². The van der Waals surface area contributed by atoms with Crippen molar-refractivity contribution in [2.75, 3.05) is 31.1 Å². The smallest absolute Gasteiger partial charge is 0.265 e. The van der Waals surface area contributed by atoms with Crippen LogP contribution in [0.2, 0.25) is 0 Å². The van der Waals surface area contributed by atoms with E-state index < -0.39 is 0 Å². The molecule has 1 aromatic carbocycles. The number of benzene rings is 1. The van der Waals surface area contributed by atoms with E-state index in [1.165, 1.54) is 10.9 Å². The van der Waals surface area contributed by atoms with Gasteiger partial charge in [0.15, 0.2) is 0 Å². The first kappa shape index (κ1) is 16.3. The van der Waals surface area contributed by atoms with Crippen LogP contribution in [0.1, 0.15) is 12.8 Å². The summed E-state index contributed by atoms with van der Waals surface area (Å²) in [5.41, 5.74) is 1.11. The number of nitrogens with zero attached hydrogens (tertiary/aromatic N) is 6. The number of quaternary nitrogens is 1. The van der Waals surface area contributed by atoms with Crippen LogP contribution in [-0.4, -0.2) is 56.4 Å². The molecule has 3 aliphatic rings. The maximum atomic E-state index is 12.7. The zero-order chi connectivity index (χ0) is 18.4. The molecule has 3 aliphatic heterocycles. The van der Waals surface area contributed by atoms with Gasteiger partial charge in [-0.25, -0.2) is 15.0 Å². The summed E-state index contributed by atoms with van der Waals surface area (Å²) >= 11 is 0. The van der Waals surface area contributed by atoms with E-state index >= 15 is 0 Å². The summed E-state index contributed by atoms with van der Waals surface area (Å²) in [6.45, 7) is 2.61. The molecule has 27 heavy (non-hydrogen) atoms. The van der Waals surface area contributed by atoms with Crippen molar-refractivity contribution in [1.82, 2.24) is 19.5 Å². The van der Waals surface area contributed by atoms with Gasteiger partial charge < -0.3 is 14.8 Å². The molecule has 0 saturated carbocycles. The number of anilines is 1. The molecule has 3 fully saturated rings. The predicted molar refractivity (Wildman–Crippen MR) is 102 cm³/mol. The largest absolute Gasteiger partial charge is 0.633 e. The van der Waals surface area contributed by atoms with Gasteiger partial charge in [-0.1, -0.05) is 12.1 Å². The van der Waals surface area contributed by atoms with E-state index in [9.17, 15) is 10.0 Å². The van der Waals surface area contributed by atoms with E-state index in [0.29, 0.717) is 54.8 Å². The molecular weight excluding hydrogens is 344 g/mol. The highest BCUT2D eigenvalue weighted by molar-refractivity contribution is 5.77. The Balaban J connectivity index is 1.47. The third-order valence-electron chi connectivity index (χ3n) is 5.75. The summed E-state index contributed by atoms with van der Waals surface area (Å²) in [5, 5.41) is 13.1. The molecule has 3 aromatic rings. The Morgan fingerprint density at radius 1 is 1.04 bits per heavy atom. The van der Waals surface area contributed by atoms with E-state index in [2.05, 4.69) is 19.9 Å². The number of hydrogen-bond donors (Lipinski definition) is 0. The summed E-state index contributed by atoms with van der Waals surface area (Å²) in [6.07, 6.45) is 6.57. The van der Waals surface area contributed by atoms with Gasteiger partial charge in [-0.3, -0.25) is 9.36 Å². The Bertz CT molecular complexity index is 1040. The van der Waals surface area contributed by atoms with Crippen molar-refractivity contribution < 1.29 is 4.65 Å². The van der Waals surface area contributed by atoms with Crippen molar-refractivity contribution >= 4 is 16.9 Å². The number of fused-ring (bicyclic) bond motifs is 5. The lowest BCUT2D eigenvalue weighted by molar-refractivity contribution is -0.881. The molecule has 5 heterocycles. The summed E-state index contributed by atoms with van der Waals surface area (Å²) < 4.78 is 1.37. The highest BCUT2D eigenvalue weighted by Crippen LogP contribution is 2.28. The van der Waals surface area contributed by atoms with Crippen molar-refractivity contribution in [3.63, 3.8) is 0 Å². The Morgan fingerprint density at radius 2 is 1.78 bits per heavy atom. The van der Waals surface area contributed by atoms with Crippen LogP contribution in [0.25, 0.3) is 16.6 Å². The van der Waals surface area contributed by atoms with Gasteiger partial charge in [0.1, 0.15) is 6.33 Å². The zero-order valence-corrected chi connectivity index (χ0v) is 14.9. The second kappa shape index (κ2) is 6.11. The van der Waals surface area contributed by atoms with Crippen molar-refractivity contribution in [3.8, 4) is 5.69 Å². The van der Waals surface area contributed by atoms with E-state index in [-0.39, 0.29) is 10.2 Å². The second-order valence-electron chi connectivity index (χ2n) is 7.33. The average Bonchev–Trinajstić information content (AvgIpc) is 2.97. The van der Waals surface area contributed by atoms with Gasteiger partial charge in [0.25, 0.3) is 5.56 Å². The lowest BCUT2D eigenvalue weighted by atomic mass is 10.1. The van der Waals surface area contributed by atoms with Crippen LogP contribution in [0.3, 0.4) is 0 Å². The normalized spacial score (nSPS) is 24.9. The highest BCUT2D eigenvalue weighted by Gasteiger charge is 2.36. The molecule has 0 radical (unpaired) electrons. The minimum atomic E-state index is -0.143. The number of hydrogen-bond acceptors (Lipinski definition) is 6. The number of aromatic nitrogens is 4. The Hall–Kier alpha value is -2.84. The first-order chi connectivity index (χ1) is 13.1. The number of piperidine rings is 1. The van der Waals surface area contributed by atoms with Crippen LogP contribution >= 0.6 is 0 Å². The lowest BCUT2D eigenvalue weighted by Gasteiger charge is -2.44. The molecule has 0 spiro atoms. The zero-order valence-electron chi connectivity index (χ0n) is 14.9. The van der Waals surface area contributed by atoms with Gasteiger partial charge in [0, 0.05) is 18.9 Å². The van der Waals surface area contributed by atoms with Crippen LogP contribution in [0.15, 0.2) is 47.8 Å². The summed E-state index contributed by atoms with van der Waals surface area (Å²) in [6, 6.07) is 7.59. The molecule has 0 aliphatic carbocycles. The first-order valence-electron chi connectivity index (χ1n) is 9.26. The van der Waals surface area contributed by atoms with Crippen LogP contribution in [0, 0.1) is 5.21 Å². The Labute approximate surface area is 155 Å². The molecule has 2 aromatic heterocycles. The first-order valence-corrected chi connectivity index (χ1v) is 9.26. The fourth-order valence-electron chi connectivity index (χ4n) is 4.14. The molecule has 0 unspecified atom stereocenters. The molecular formula is C19H20N6O2. The highest BCUT2D eigenvalue weighted by atomic mass is 16.5. The molecule has 0 amide bonds. The Kier molecular flexibility index (Phi) is 3.70. The molecule has 8 heteroatoms. The monoisotopic (exact) mass is 364 g/mol. The van der Waals surface area contributed by atoms with Gasteiger partial charge in [-0.05, 0) is 12.1 Å². The minimum absolute atomic E-state index is 0.0940. The van der Waals surface area contributed by atoms with Crippen LogP contribution in [0.4, 0.5) is 5.95 Å². The minimum Gasteiger partial charge on any atom is -0.633 e. The molecule has 2 bridgehead atoms. The molecule has 3 saturated heterocycles. The lowest BCUT2D eigenvalue weighted by Crippen LogP contribution is -2.47. The van der Waals surface area contributed by atoms with E-state index in [0.717, 1.165) is 12.8 Å². The van der Waals surface area contributed by atoms with E-state index in [4.69, 9.17) is 0 Å². The van der Waals surface area contributed by atoms with Crippen LogP contribution in [0.5, 0.6) is 0 Å². The van der Waals surface area contributed by atoms with Crippen molar-refractivity contribution in [2.45, 2.75) is 18.9 Å². The van der Waals surface area contributed by atoms with Crippen molar-refractivity contribution in [2.24, 2.45) is 0 Å². The van der Waals surface area contributed by atoms with Gasteiger partial charge in [-0.15, -0.1) is 0 Å². The van der Waals surface area contributed by atoms with Gasteiger partial charge in [0.2, 0.25) is 5.95 Å². The third-order valence-corrected chi connectivity index (χ3v) is 5.75. The molecule has 138 valence electrons. The van der Waals surface area contributed by atoms with Gasteiger partial charge >= 0.3 is 0 Å². The van der Waals surface area contributed by atoms with E-state index in [1.54, 1.807) is 18.5 Å². The second-order valence-corrected chi connectivity index (χ2v) is 7.33. The average molecular weight is 364 g/mol. The number of rotatable bonds is 2. The Morgan fingerprint density at radius 3 is 2.56 bits per heavy atom. The van der Waals surface area contributed by atoms with Crippen LogP contribution in [-0.2, 0) is 0 Å². The van der Waals surface area contributed by atoms with Crippen molar-refractivity contribution in [3.05, 3.63) is 58.5 Å². The SMILES string of the molecule is O=c1c2ccccc2ncn1-c1cnc(N2CC[N+]3([O-])CCC2CC3)nc1. The fourth-order valence-corrected chi connectivity index (χ4v) is 4.14. The van der Waals surface area contributed by atoms with Crippen LogP contribution < -0.4 is 10.5 Å². The molecule has 0 N–H and O–H groups in total. The number of para-hydroxylation sites is 1. The summed E-state index contributed by atoms with van der Waals surface area (Å²) in [5.74, 6) is 0.626. The maximum absolute atomic E-state index is 12.7. The molecule has 0 atom stereocenters. The quantitative estimate of drug-likeness (QED) is 0.506. The molecule has 8 nitrogen and oxygen atoms in total. The topological polar surface area (TPSA) is 87.0 Å². The summed E-state index contributed by atoms with van der Waals surface area (Å²) in [4.78, 5) is 28.2. The standard InChI is InChI=1S/C19H20N6O2/c26-18-16-3-1-2-4-17(16)22-13-24(18)15-11-20-19(21-12-15)23-7-10-25(27)8-5-14(23)6-9-25/h1-4,11-14H,5-10H2. The maximum Gasteiger partial charge on any atom is 0.265 e. The molecule has 6 rings (SSSR count). The van der Waals surface area contributed by atoms with Gasteiger partial charge in [-0.2, -0.15) is 0 Å². The fraction of sp³-hybridized carbons (Fsp3) is 0.368. The van der Waals surface area contributed by atoms with Crippen molar-refractivity contribution in [1.29, 1.82) is 0 Å². The summed E-state index contributed by atoms with van der Waals surface area (Å²) in [7, 11) is 0. The van der Waals surface area contributed by atoms with Gasteiger partial charge in [0.05, 0.1) is 55.2 Å². The predicted octanol–water partition coefficient (Wildman–Crippen LogP) is 1.47. The number of hydroxylamine groups is 3.